The second-order valence-electron chi connectivity index (χ2n) is 4.88. The molecule has 0 aliphatic carbocycles. The summed E-state index contributed by atoms with van der Waals surface area (Å²) in [6.07, 6.45) is 0.911. The van der Waals surface area contributed by atoms with Gasteiger partial charge in [0.15, 0.2) is 11.5 Å². The van der Waals surface area contributed by atoms with Gasteiger partial charge in [-0.25, -0.2) is 4.98 Å². The van der Waals surface area contributed by atoms with Gasteiger partial charge in [-0.3, -0.25) is 0 Å². The molecule has 0 amide bonds. The molecule has 3 rings (SSSR count). The quantitative estimate of drug-likeness (QED) is 0.944. The number of hydrogen-bond donors (Lipinski definition) is 1. The zero-order valence-electron chi connectivity index (χ0n) is 12.0. The summed E-state index contributed by atoms with van der Waals surface area (Å²) in [6, 6.07) is 10.0. The fourth-order valence-corrected chi connectivity index (χ4v) is 3.12. The summed E-state index contributed by atoms with van der Waals surface area (Å²) in [5.74, 6) is 1.62. The van der Waals surface area contributed by atoms with Crippen molar-refractivity contribution in [1.29, 1.82) is 0 Å². The van der Waals surface area contributed by atoms with Crippen molar-refractivity contribution in [2.24, 2.45) is 5.73 Å². The van der Waals surface area contributed by atoms with Crippen LogP contribution < -0.4 is 15.2 Å². The molecule has 1 aliphatic heterocycles. The Balaban J connectivity index is 1.88. The number of ether oxygens (including phenoxy) is 2. The van der Waals surface area contributed by atoms with Gasteiger partial charge in [0.05, 0.1) is 13.2 Å². The molecular weight excluding hydrogens is 284 g/mol. The van der Waals surface area contributed by atoms with E-state index in [-0.39, 0.29) is 0 Å². The lowest BCUT2D eigenvalue weighted by Crippen LogP contribution is -2.01. The number of pyridine rings is 1. The maximum atomic E-state index is 5.79. The molecule has 110 valence electrons. The maximum absolute atomic E-state index is 5.79. The van der Waals surface area contributed by atoms with E-state index in [1.165, 1.54) is 0 Å². The lowest BCUT2D eigenvalue weighted by molar-refractivity contribution is 0.297. The van der Waals surface area contributed by atoms with Crippen LogP contribution in [0.1, 0.15) is 17.7 Å². The van der Waals surface area contributed by atoms with Crippen molar-refractivity contribution < 1.29 is 9.47 Å². The fourth-order valence-electron chi connectivity index (χ4n) is 2.12. The lowest BCUT2D eigenvalue weighted by Gasteiger charge is -2.11. The number of rotatable bonds is 3. The molecule has 21 heavy (non-hydrogen) atoms. The third-order valence-corrected chi connectivity index (χ3v) is 4.27. The summed E-state index contributed by atoms with van der Waals surface area (Å²) in [4.78, 5) is 5.66. The predicted octanol–water partition coefficient (Wildman–Crippen LogP) is 3.16. The first-order valence-electron chi connectivity index (χ1n) is 7.00. The van der Waals surface area contributed by atoms with Crippen molar-refractivity contribution in [2.75, 3.05) is 13.2 Å². The van der Waals surface area contributed by atoms with Gasteiger partial charge in [-0.05, 0) is 36.8 Å². The number of nitrogens with zero attached hydrogens (tertiary/aromatic N) is 1. The number of nitrogens with two attached hydrogens (primary N) is 1. The van der Waals surface area contributed by atoms with Crippen LogP contribution in [0.25, 0.3) is 0 Å². The average Bonchev–Trinajstić information content (AvgIpc) is 2.72. The molecule has 1 aliphatic rings. The van der Waals surface area contributed by atoms with E-state index in [2.05, 4.69) is 4.98 Å². The third kappa shape index (κ3) is 3.31. The molecule has 0 atom stereocenters. The van der Waals surface area contributed by atoms with Crippen LogP contribution in [-0.4, -0.2) is 18.2 Å². The minimum Gasteiger partial charge on any atom is -0.490 e. The number of aryl methyl sites for hydroxylation is 1. The van der Waals surface area contributed by atoms with E-state index < -0.39 is 0 Å². The van der Waals surface area contributed by atoms with E-state index in [0.717, 1.165) is 39.1 Å². The van der Waals surface area contributed by atoms with Gasteiger partial charge in [0.1, 0.15) is 5.03 Å². The molecule has 2 heterocycles. The Kier molecular flexibility index (Phi) is 4.31. The zero-order chi connectivity index (χ0) is 14.7. The van der Waals surface area contributed by atoms with E-state index in [0.29, 0.717) is 19.8 Å². The molecule has 5 heteroatoms. The van der Waals surface area contributed by atoms with Gasteiger partial charge in [-0.1, -0.05) is 17.8 Å². The average molecular weight is 302 g/mol. The van der Waals surface area contributed by atoms with Gasteiger partial charge in [-0.2, -0.15) is 0 Å². The Bertz CT molecular complexity index is 646. The van der Waals surface area contributed by atoms with Crippen LogP contribution in [0, 0.1) is 6.92 Å². The Morgan fingerprint density at radius 2 is 1.95 bits per heavy atom. The van der Waals surface area contributed by atoms with Gasteiger partial charge in [0.25, 0.3) is 0 Å². The van der Waals surface area contributed by atoms with Crippen molar-refractivity contribution in [1.82, 2.24) is 4.98 Å². The summed E-state index contributed by atoms with van der Waals surface area (Å²) in [5, 5.41) is 0.951. The largest absolute Gasteiger partial charge is 0.490 e. The number of hydrogen-bond acceptors (Lipinski definition) is 5. The highest BCUT2D eigenvalue weighted by Gasteiger charge is 2.12. The maximum Gasteiger partial charge on any atom is 0.162 e. The highest BCUT2D eigenvalue weighted by molar-refractivity contribution is 7.99. The highest BCUT2D eigenvalue weighted by atomic mass is 32.2. The summed E-state index contributed by atoms with van der Waals surface area (Å²) in [7, 11) is 0. The summed E-state index contributed by atoms with van der Waals surface area (Å²) in [6.45, 7) is 3.87. The van der Waals surface area contributed by atoms with E-state index >= 15 is 0 Å². The third-order valence-electron chi connectivity index (χ3n) is 3.23. The summed E-state index contributed by atoms with van der Waals surface area (Å²) >= 11 is 1.61. The molecule has 0 radical (unpaired) electrons. The van der Waals surface area contributed by atoms with Gasteiger partial charge >= 0.3 is 0 Å². The number of benzene rings is 1. The van der Waals surface area contributed by atoms with Crippen LogP contribution in [0.15, 0.2) is 40.3 Å². The molecule has 0 spiro atoms. The molecule has 0 fully saturated rings. The minimum absolute atomic E-state index is 0.486. The fraction of sp³-hybridized carbons (Fsp3) is 0.312. The molecule has 4 nitrogen and oxygen atoms in total. The smallest absolute Gasteiger partial charge is 0.162 e. The Hall–Kier alpha value is -1.72. The summed E-state index contributed by atoms with van der Waals surface area (Å²) in [5.41, 5.74) is 7.83. The zero-order valence-corrected chi connectivity index (χ0v) is 12.8. The molecule has 1 aromatic heterocycles. The molecule has 2 aromatic rings. The van der Waals surface area contributed by atoms with Crippen LogP contribution >= 0.6 is 11.8 Å². The second-order valence-corrected chi connectivity index (χ2v) is 5.94. The van der Waals surface area contributed by atoms with Gasteiger partial charge in [-0.15, -0.1) is 0 Å². The Labute approximate surface area is 128 Å². The van der Waals surface area contributed by atoms with E-state index in [4.69, 9.17) is 15.2 Å². The normalized spacial score (nSPS) is 13.8. The molecule has 0 saturated carbocycles. The summed E-state index contributed by atoms with van der Waals surface area (Å²) < 4.78 is 11.4. The van der Waals surface area contributed by atoms with E-state index in [1.54, 1.807) is 11.8 Å². The SMILES string of the molecule is Cc1ccc(CN)c(Sc2ccc3c(c2)OCCCO3)n1. The van der Waals surface area contributed by atoms with E-state index in [1.807, 2.05) is 37.3 Å². The van der Waals surface area contributed by atoms with Crippen molar-refractivity contribution in [3.63, 3.8) is 0 Å². The van der Waals surface area contributed by atoms with Crippen molar-refractivity contribution in [3.05, 3.63) is 41.6 Å². The number of aromatic nitrogens is 1. The van der Waals surface area contributed by atoms with Crippen molar-refractivity contribution in [3.8, 4) is 11.5 Å². The molecule has 0 unspecified atom stereocenters. The topological polar surface area (TPSA) is 57.4 Å². The van der Waals surface area contributed by atoms with Gasteiger partial charge in [0.2, 0.25) is 0 Å². The van der Waals surface area contributed by atoms with Crippen LogP contribution in [0.4, 0.5) is 0 Å². The van der Waals surface area contributed by atoms with Gasteiger partial charge < -0.3 is 15.2 Å². The first kappa shape index (κ1) is 14.2. The minimum atomic E-state index is 0.486. The second kappa shape index (κ2) is 6.37. The lowest BCUT2D eigenvalue weighted by atomic mass is 10.2. The molecule has 0 bridgehead atoms. The molecular formula is C16H18N2O2S. The first-order valence-corrected chi connectivity index (χ1v) is 7.82. The van der Waals surface area contributed by atoms with E-state index in [9.17, 15) is 0 Å². The molecule has 1 aromatic carbocycles. The standard InChI is InChI=1S/C16H18N2O2S/c1-11-3-4-12(10-17)16(18-11)21-13-5-6-14-15(9-13)20-8-2-7-19-14/h3-6,9H,2,7-8,10,17H2,1H3. The van der Waals surface area contributed by atoms with Crippen LogP contribution in [-0.2, 0) is 6.54 Å². The molecule has 0 saturated heterocycles. The van der Waals surface area contributed by atoms with Crippen LogP contribution in [0.3, 0.4) is 0 Å². The number of fused-ring (bicyclic) bond motifs is 1. The van der Waals surface area contributed by atoms with Crippen molar-refractivity contribution in [2.45, 2.75) is 29.8 Å². The Morgan fingerprint density at radius 1 is 1.14 bits per heavy atom. The predicted molar refractivity (Wildman–Crippen MR) is 83.0 cm³/mol. The van der Waals surface area contributed by atoms with Gasteiger partial charge in [0, 0.05) is 23.6 Å². The monoisotopic (exact) mass is 302 g/mol. The van der Waals surface area contributed by atoms with Crippen LogP contribution in [0.5, 0.6) is 11.5 Å². The van der Waals surface area contributed by atoms with Crippen LogP contribution in [0.2, 0.25) is 0 Å². The Morgan fingerprint density at radius 3 is 2.76 bits per heavy atom. The molecule has 2 N–H and O–H groups in total. The van der Waals surface area contributed by atoms with Crippen molar-refractivity contribution >= 4 is 11.8 Å². The first-order chi connectivity index (χ1) is 10.3. The highest BCUT2D eigenvalue weighted by Crippen LogP contribution is 2.37.